The van der Waals surface area contributed by atoms with E-state index in [0.717, 1.165) is 25.7 Å². The highest BCUT2D eigenvalue weighted by atomic mass is 19.4. The van der Waals surface area contributed by atoms with Crippen molar-refractivity contribution in [2.24, 2.45) is 0 Å². The van der Waals surface area contributed by atoms with Crippen molar-refractivity contribution in [3.05, 3.63) is 0 Å². The molecular formula is C20H34F6O3. The second-order valence-corrected chi connectivity index (χ2v) is 7.44. The number of alkyl halides is 6. The predicted molar refractivity (Wildman–Crippen MR) is 98.3 cm³/mol. The Kier molecular flexibility index (Phi) is 13.6. The van der Waals surface area contributed by atoms with Crippen molar-refractivity contribution in [3.63, 3.8) is 0 Å². The van der Waals surface area contributed by atoms with Gasteiger partial charge in [-0.25, -0.2) is 4.79 Å². The van der Waals surface area contributed by atoms with Crippen LogP contribution in [0.25, 0.3) is 0 Å². The standard InChI is InChI=1S/C20H34F6O3/c1-2-3-4-5-6-7-8-9-10-11-12-13-14-15-16-29-17(27)18(28,19(21,22)23)20(24,25)26/h28H,2-16H2,1H3. The molecule has 0 aliphatic heterocycles. The Bertz CT molecular complexity index is 421. The smallest absolute Gasteiger partial charge is 0.437 e. The summed E-state index contributed by atoms with van der Waals surface area (Å²) in [6, 6.07) is 0. The third kappa shape index (κ3) is 10.6. The highest BCUT2D eigenvalue weighted by Crippen LogP contribution is 2.43. The molecule has 0 aliphatic carbocycles. The summed E-state index contributed by atoms with van der Waals surface area (Å²) in [5.41, 5.74) is -5.49. The summed E-state index contributed by atoms with van der Waals surface area (Å²) in [7, 11) is 0. The second-order valence-electron chi connectivity index (χ2n) is 7.44. The highest BCUT2D eigenvalue weighted by Gasteiger charge is 2.76. The molecule has 1 N–H and O–H groups in total. The third-order valence-electron chi connectivity index (χ3n) is 4.85. The number of carbonyl (C=O) groups is 1. The molecule has 174 valence electrons. The molecule has 0 atom stereocenters. The van der Waals surface area contributed by atoms with E-state index in [0.29, 0.717) is 6.42 Å². The van der Waals surface area contributed by atoms with Crippen LogP contribution < -0.4 is 0 Å². The van der Waals surface area contributed by atoms with E-state index in [9.17, 15) is 31.1 Å². The van der Waals surface area contributed by atoms with Gasteiger partial charge in [0.2, 0.25) is 0 Å². The van der Waals surface area contributed by atoms with Crippen molar-refractivity contribution in [2.45, 2.75) is 115 Å². The van der Waals surface area contributed by atoms with Gasteiger partial charge in [-0.3, -0.25) is 0 Å². The quantitative estimate of drug-likeness (QED) is 0.163. The van der Waals surface area contributed by atoms with Gasteiger partial charge >= 0.3 is 23.9 Å². The van der Waals surface area contributed by atoms with Gasteiger partial charge in [0.25, 0.3) is 0 Å². The molecule has 0 aromatic carbocycles. The molecule has 0 bridgehead atoms. The Morgan fingerprint density at radius 2 is 0.966 bits per heavy atom. The Morgan fingerprint density at radius 1 is 0.655 bits per heavy atom. The van der Waals surface area contributed by atoms with Gasteiger partial charge in [-0.05, 0) is 6.42 Å². The molecule has 0 saturated carbocycles. The Morgan fingerprint density at radius 3 is 1.28 bits per heavy atom. The van der Waals surface area contributed by atoms with Gasteiger partial charge in [-0.15, -0.1) is 0 Å². The molecule has 0 radical (unpaired) electrons. The second kappa shape index (κ2) is 14.1. The fraction of sp³-hybridized carbons (Fsp3) is 0.950. The first kappa shape index (κ1) is 28.0. The lowest BCUT2D eigenvalue weighted by Gasteiger charge is -2.29. The summed E-state index contributed by atoms with van der Waals surface area (Å²) >= 11 is 0. The molecule has 0 aliphatic rings. The van der Waals surface area contributed by atoms with Crippen molar-refractivity contribution in [2.75, 3.05) is 6.61 Å². The van der Waals surface area contributed by atoms with Gasteiger partial charge in [0, 0.05) is 0 Å². The van der Waals surface area contributed by atoms with Crippen LogP contribution in [0.4, 0.5) is 26.3 Å². The molecule has 3 nitrogen and oxygen atoms in total. The minimum atomic E-state index is -6.20. The summed E-state index contributed by atoms with van der Waals surface area (Å²) in [5, 5.41) is 8.84. The summed E-state index contributed by atoms with van der Waals surface area (Å²) < 4.78 is 78.9. The Hall–Kier alpha value is -0.990. The maximum absolute atomic E-state index is 12.5. The first-order valence-electron chi connectivity index (χ1n) is 10.5. The zero-order chi connectivity index (χ0) is 22.4. The van der Waals surface area contributed by atoms with Crippen LogP contribution in [0.15, 0.2) is 0 Å². The summed E-state index contributed by atoms with van der Waals surface area (Å²) in [5.74, 6) is -2.73. The molecule has 0 amide bonds. The Balaban J connectivity index is 3.74. The number of rotatable bonds is 16. The third-order valence-corrected chi connectivity index (χ3v) is 4.85. The average molecular weight is 436 g/mol. The maximum atomic E-state index is 12.5. The van der Waals surface area contributed by atoms with Crippen molar-refractivity contribution in [3.8, 4) is 0 Å². The van der Waals surface area contributed by atoms with Gasteiger partial charge in [-0.1, -0.05) is 90.4 Å². The van der Waals surface area contributed by atoms with Gasteiger partial charge in [-0.2, -0.15) is 26.3 Å². The summed E-state index contributed by atoms with van der Waals surface area (Å²) in [4.78, 5) is 11.2. The minimum Gasteiger partial charge on any atom is -0.463 e. The van der Waals surface area contributed by atoms with Gasteiger partial charge in [0.15, 0.2) is 0 Å². The number of esters is 1. The van der Waals surface area contributed by atoms with Gasteiger partial charge in [0.05, 0.1) is 6.61 Å². The fourth-order valence-electron chi connectivity index (χ4n) is 2.96. The van der Waals surface area contributed by atoms with Crippen molar-refractivity contribution >= 4 is 5.97 Å². The van der Waals surface area contributed by atoms with E-state index in [1.165, 1.54) is 51.4 Å². The first-order chi connectivity index (χ1) is 13.5. The van der Waals surface area contributed by atoms with Crippen molar-refractivity contribution in [1.29, 1.82) is 0 Å². The van der Waals surface area contributed by atoms with Gasteiger partial charge in [0.1, 0.15) is 0 Å². The van der Waals surface area contributed by atoms with E-state index in [1.54, 1.807) is 0 Å². The van der Waals surface area contributed by atoms with Crippen LogP contribution in [-0.2, 0) is 9.53 Å². The van der Waals surface area contributed by atoms with Crippen LogP contribution in [0.1, 0.15) is 96.8 Å². The zero-order valence-corrected chi connectivity index (χ0v) is 17.1. The summed E-state index contributed by atoms with van der Waals surface area (Å²) in [6.07, 6.45) is 2.13. The van der Waals surface area contributed by atoms with E-state index in [2.05, 4.69) is 11.7 Å². The predicted octanol–water partition coefficient (Wildman–Crippen LogP) is 6.87. The maximum Gasteiger partial charge on any atom is 0.437 e. The molecular weight excluding hydrogens is 402 g/mol. The number of unbranched alkanes of at least 4 members (excludes halogenated alkanes) is 13. The normalized spacial score (nSPS) is 13.0. The lowest BCUT2D eigenvalue weighted by atomic mass is 10.0. The molecule has 0 saturated heterocycles. The number of aliphatic hydroxyl groups is 1. The molecule has 9 heteroatoms. The fourth-order valence-corrected chi connectivity index (χ4v) is 2.96. The number of hydrogen-bond acceptors (Lipinski definition) is 3. The number of ether oxygens (including phenoxy) is 1. The molecule has 0 unspecified atom stereocenters. The first-order valence-corrected chi connectivity index (χ1v) is 10.5. The number of carbonyl (C=O) groups excluding carboxylic acids is 1. The molecule has 0 fully saturated rings. The van der Waals surface area contributed by atoms with E-state index in [4.69, 9.17) is 5.11 Å². The van der Waals surface area contributed by atoms with Crippen LogP contribution in [0.5, 0.6) is 0 Å². The van der Waals surface area contributed by atoms with Gasteiger partial charge < -0.3 is 9.84 Å². The van der Waals surface area contributed by atoms with Crippen LogP contribution in [0.3, 0.4) is 0 Å². The van der Waals surface area contributed by atoms with Crippen LogP contribution in [0.2, 0.25) is 0 Å². The monoisotopic (exact) mass is 436 g/mol. The van der Waals surface area contributed by atoms with Crippen LogP contribution in [0, 0.1) is 0 Å². The lowest BCUT2D eigenvalue weighted by Crippen LogP contribution is -2.63. The van der Waals surface area contributed by atoms with E-state index < -0.39 is 30.5 Å². The zero-order valence-electron chi connectivity index (χ0n) is 17.1. The number of halogens is 6. The van der Waals surface area contributed by atoms with Crippen LogP contribution in [-0.4, -0.2) is 35.6 Å². The van der Waals surface area contributed by atoms with E-state index in [1.807, 2.05) is 0 Å². The number of hydrogen-bond donors (Lipinski definition) is 1. The van der Waals surface area contributed by atoms with E-state index in [-0.39, 0.29) is 6.42 Å². The molecule has 0 rings (SSSR count). The molecule has 0 aromatic rings. The molecule has 29 heavy (non-hydrogen) atoms. The van der Waals surface area contributed by atoms with Crippen molar-refractivity contribution < 1.29 is 41.0 Å². The Labute approximate surface area is 169 Å². The topological polar surface area (TPSA) is 46.5 Å². The van der Waals surface area contributed by atoms with E-state index >= 15 is 0 Å². The highest BCUT2D eigenvalue weighted by molar-refractivity contribution is 5.81. The van der Waals surface area contributed by atoms with Crippen LogP contribution >= 0.6 is 0 Å². The minimum absolute atomic E-state index is 0.148. The molecule has 0 spiro atoms. The molecule has 0 aromatic heterocycles. The molecule has 0 heterocycles. The van der Waals surface area contributed by atoms with Crippen molar-refractivity contribution in [1.82, 2.24) is 0 Å². The SMILES string of the molecule is CCCCCCCCCCCCCCCCOC(=O)C(O)(C(F)(F)F)C(F)(F)F. The lowest BCUT2D eigenvalue weighted by molar-refractivity contribution is -0.356. The summed E-state index contributed by atoms with van der Waals surface area (Å²) in [6.45, 7) is 1.60. The average Bonchev–Trinajstić information content (AvgIpc) is 2.62. The largest absolute Gasteiger partial charge is 0.463 e.